The number of aromatic nitrogens is 2. The number of nitrogens with two attached hydrogens (primary N) is 1. The Morgan fingerprint density at radius 2 is 2.05 bits per heavy atom. The number of fused-ring (bicyclic) bond motifs is 1. The van der Waals surface area contributed by atoms with E-state index in [0.717, 1.165) is 22.4 Å². The van der Waals surface area contributed by atoms with Crippen LogP contribution in [0, 0.1) is 5.82 Å². The van der Waals surface area contributed by atoms with Gasteiger partial charge in [0.15, 0.2) is 0 Å². The topological polar surface area (TPSA) is 53.1 Å². The number of hydrogen-bond acceptors (Lipinski definition) is 3. The van der Waals surface area contributed by atoms with Crippen molar-refractivity contribution in [2.24, 2.45) is 0 Å². The summed E-state index contributed by atoms with van der Waals surface area (Å²) in [6, 6.07) is 10.1. The second-order valence-corrected chi connectivity index (χ2v) is 4.77. The summed E-state index contributed by atoms with van der Waals surface area (Å²) in [6.07, 6.45) is 0. The van der Waals surface area contributed by atoms with Crippen LogP contribution in [0.15, 0.2) is 36.4 Å². The van der Waals surface area contributed by atoms with Gasteiger partial charge in [0.1, 0.15) is 17.4 Å². The van der Waals surface area contributed by atoms with Crippen LogP contribution in [0.1, 0.15) is 6.92 Å². The summed E-state index contributed by atoms with van der Waals surface area (Å²) >= 11 is 0. The molecule has 0 aliphatic rings. The first-order valence-corrected chi connectivity index (χ1v) is 6.73. The maximum atomic E-state index is 13.5. The van der Waals surface area contributed by atoms with E-state index >= 15 is 0 Å². The second-order valence-electron chi connectivity index (χ2n) is 4.77. The Bertz CT molecular complexity index is 811. The molecule has 1 heterocycles. The zero-order valence-electron chi connectivity index (χ0n) is 11.9. The average Bonchev–Trinajstić information content (AvgIpc) is 2.84. The molecule has 0 saturated heterocycles. The number of benzene rings is 2. The van der Waals surface area contributed by atoms with Gasteiger partial charge in [-0.25, -0.2) is 9.37 Å². The average molecular weight is 285 g/mol. The van der Waals surface area contributed by atoms with Crippen molar-refractivity contribution in [2.75, 3.05) is 12.8 Å². The molecule has 2 aromatic carbocycles. The Labute approximate surface area is 122 Å². The number of imidazole rings is 1. The Morgan fingerprint density at radius 3 is 2.71 bits per heavy atom. The normalized spacial score (nSPS) is 11.0. The molecule has 0 aliphatic heterocycles. The largest absolute Gasteiger partial charge is 0.497 e. The third-order valence-corrected chi connectivity index (χ3v) is 3.53. The molecule has 0 aliphatic carbocycles. The number of nitrogen functional groups attached to an aromatic ring is 1. The van der Waals surface area contributed by atoms with Gasteiger partial charge in [0.25, 0.3) is 0 Å². The van der Waals surface area contributed by atoms with Gasteiger partial charge in [-0.3, -0.25) is 0 Å². The molecule has 1 aromatic heterocycles. The zero-order valence-corrected chi connectivity index (χ0v) is 11.9. The first-order chi connectivity index (χ1) is 10.1. The van der Waals surface area contributed by atoms with Crippen LogP contribution in [0.5, 0.6) is 5.75 Å². The van der Waals surface area contributed by atoms with Crippen molar-refractivity contribution >= 4 is 16.7 Å². The molecule has 0 fully saturated rings. The van der Waals surface area contributed by atoms with E-state index in [9.17, 15) is 4.39 Å². The lowest BCUT2D eigenvalue weighted by atomic mass is 10.1. The third-order valence-electron chi connectivity index (χ3n) is 3.53. The van der Waals surface area contributed by atoms with Crippen LogP contribution >= 0.6 is 0 Å². The summed E-state index contributed by atoms with van der Waals surface area (Å²) in [4.78, 5) is 4.59. The number of halogens is 1. The van der Waals surface area contributed by atoms with Gasteiger partial charge < -0.3 is 15.0 Å². The fourth-order valence-electron chi connectivity index (χ4n) is 2.49. The SMILES string of the molecule is CCn1c(-c2ccc(OC)cc2N)nc2ccc(F)cc21. The summed E-state index contributed by atoms with van der Waals surface area (Å²) < 4.78 is 20.6. The van der Waals surface area contributed by atoms with Gasteiger partial charge in [0.05, 0.1) is 18.1 Å². The van der Waals surface area contributed by atoms with Crippen LogP contribution in [0.2, 0.25) is 0 Å². The van der Waals surface area contributed by atoms with Crippen LogP contribution < -0.4 is 10.5 Å². The minimum atomic E-state index is -0.272. The summed E-state index contributed by atoms with van der Waals surface area (Å²) in [7, 11) is 1.60. The molecule has 0 atom stereocenters. The Kier molecular flexibility index (Phi) is 3.25. The predicted octanol–water partition coefficient (Wildman–Crippen LogP) is 3.45. The standard InChI is InChI=1S/C16H16FN3O/c1-3-20-15-8-10(17)4-7-14(15)19-16(20)12-6-5-11(21-2)9-13(12)18/h4-9H,3,18H2,1-2H3. The first kappa shape index (κ1) is 13.4. The summed E-state index contributed by atoms with van der Waals surface area (Å²) in [5.74, 6) is 1.16. The summed E-state index contributed by atoms with van der Waals surface area (Å²) in [5.41, 5.74) is 9.01. The highest BCUT2D eigenvalue weighted by Crippen LogP contribution is 2.31. The van der Waals surface area contributed by atoms with Crippen LogP contribution in [0.4, 0.5) is 10.1 Å². The Balaban J connectivity index is 2.24. The molecule has 3 aromatic rings. The fourth-order valence-corrected chi connectivity index (χ4v) is 2.49. The van der Waals surface area contributed by atoms with E-state index in [0.29, 0.717) is 18.0 Å². The Morgan fingerprint density at radius 1 is 1.24 bits per heavy atom. The molecule has 108 valence electrons. The third kappa shape index (κ3) is 2.20. The van der Waals surface area contributed by atoms with E-state index < -0.39 is 0 Å². The van der Waals surface area contributed by atoms with Gasteiger partial charge >= 0.3 is 0 Å². The smallest absolute Gasteiger partial charge is 0.143 e. The highest BCUT2D eigenvalue weighted by Gasteiger charge is 2.14. The molecule has 2 N–H and O–H groups in total. The van der Waals surface area contributed by atoms with Crippen molar-refractivity contribution in [2.45, 2.75) is 13.5 Å². The number of methoxy groups -OCH3 is 1. The number of anilines is 1. The van der Waals surface area contributed by atoms with Gasteiger partial charge in [-0.15, -0.1) is 0 Å². The van der Waals surface area contributed by atoms with Crippen molar-refractivity contribution in [1.29, 1.82) is 0 Å². The van der Waals surface area contributed by atoms with Crippen molar-refractivity contribution in [3.8, 4) is 17.1 Å². The van der Waals surface area contributed by atoms with Crippen molar-refractivity contribution in [1.82, 2.24) is 9.55 Å². The zero-order chi connectivity index (χ0) is 15.0. The van der Waals surface area contributed by atoms with E-state index in [-0.39, 0.29) is 5.82 Å². The number of hydrogen-bond donors (Lipinski definition) is 1. The molecule has 4 nitrogen and oxygen atoms in total. The minimum Gasteiger partial charge on any atom is -0.497 e. The summed E-state index contributed by atoms with van der Waals surface area (Å²) in [6.45, 7) is 2.68. The van der Waals surface area contributed by atoms with Crippen LogP contribution in [0.25, 0.3) is 22.4 Å². The molecule has 0 bridgehead atoms. The monoisotopic (exact) mass is 285 g/mol. The predicted molar refractivity (Wildman–Crippen MR) is 81.8 cm³/mol. The molecule has 0 spiro atoms. The van der Waals surface area contributed by atoms with Crippen molar-refractivity contribution in [3.05, 3.63) is 42.2 Å². The maximum Gasteiger partial charge on any atom is 0.143 e. The molecule has 3 rings (SSSR count). The molecular formula is C16H16FN3O. The number of aryl methyl sites for hydroxylation is 1. The van der Waals surface area contributed by atoms with E-state index in [1.54, 1.807) is 19.2 Å². The number of rotatable bonds is 3. The molecule has 0 unspecified atom stereocenters. The molecule has 0 amide bonds. The molecule has 5 heteroatoms. The lowest BCUT2D eigenvalue weighted by Crippen LogP contribution is -2.00. The number of ether oxygens (including phenoxy) is 1. The first-order valence-electron chi connectivity index (χ1n) is 6.73. The maximum absolute atomic E-state index is 13.5. The highest BCUT2D eigenvalue weighted by atomic mass is 19.1. The van der Waals surface area contributed by atoms with Gasteiger partial charge in [-0.1, -0.05) is 0 Å². The van der Waals surface area contributed by atoms with Crippen LogP contribution in [0.3, 0.4) is 0 Å². The second kappa shape index (κ2) is 5.09. The highest BCUT2D eigenvalue weighted by molar-refractivity contribution is 5.84. The van der Waals surface area contributed by atoms with E-state index in [1.165, 1.54) is 12.1 Å². The van der Waals surface area contributed by atoms with Crippen molar-refractivity contribution < 1.29 is 9.13 Å². The lowest BCUT2D eigenvalue weighted by molar-refractivity contribution is 0.415. The minimum absolute atomic E-state index is 0.272. The van der Waals surface area contributed by atoms with Gasteiger partial charge in [-0.05, 0) is 37.3 Å². The molecule has 21 heavy (non-hydrogen) atoms. The molecule has 0 saturated carbocycles. The van der Waals surface area contributed by atoms with Gasteiger partial charge in [0.2, 0.25) is 0 Å². The van der Waals surface area contributed by atoms with Crippen LogP contribution in [-0.2, 0) is 6.54 Å². The molecule has 0 radical (unpaired) electrons. The van der Waals surface area contributed by atoms with E-state index in [1.807, 2.05) is 23.6 Å². The molecular weight excluding hydrogens is 269 g/mol. The van der Waals surface area contributed by atoms with E-state index in [4.69, 9.17) is 10.5 Å². The van der Waals surface area contributed by atoms with Gasteiger partial charge in [0, 0.05) is 23.9 Å². The van der Waals surface area contributed by atoms with Crippen molar-refractivity contribution in [3.63, 3.8) is 0 Å². The quantitative estimate of drug-likeness (QED) is 0.750. The Hall–Kier alpha value is -2.56. The van der Waals surface area contributed by atoms with Crippen LogP contribution in [-0.4, -0.2) is 16.7 Å². The summed E-state index contributed by atoms with van der Waals surface area (Å²) in [5, 5.41) is 0. The lowest BCUT2D eigenvalue weighted by Gasteiger charge is -2.10. The number of nitrogens with zero attached hydrogens (tertiary/aromatic N) is 2. The van der Waals surface area contributed by atoms with Gasteiger partial charge in [-0.2, -0.15) is 0 Å². The fraction of sp³-hybridized carbons (Fsp3) is 0.188. The van der Waals surface area contributed by atoms with E-state index in [2.05, 4.69) is 4.98 Å².